The van der Waals surface area contributed by atoms with E-state index in [9.17, 15) is 4.79 Å². The normalized spacial score (nSPS) is 14.8. The summed E-state index contributed by atoms with van der Waals surface area (Å²) >= 11 is 1.63. The van der Waals surface area contributed by atoms with Crippen molar-refractivity contribution in [2.75, 3.05) is 26.2 Å². The Morgan fingerprint density at radius 1 is 1.14 bits per heavy atom. The lowest BCUT2D eigenvalue weighted by Crippen LogP contribution is -2.35. The molecule has 0 saturated carbocycles. The number of hydrogen-bond donors (Lipinski definition) is 1. The van der Waals surface area contributed by atoms with Gasteiger partial charge < -0.3 is 10.0 Å². The molecule has 4 rings (SSSR count). The fourth-order valence-corrected chi connectivity index (χ4v) is 3.88. The van der Waals surface area contributed by atoms with Crippen molar-refractivity contribution < 1.29 is 14.7 Å². The molecule has 2 aromatic heterocycles. The van der Waals surface area contributed by atoms with E-state index in [1.807, 2.05) is 40.7 Å². The summed E-state index contributed by atoms with van der Waals surface area (Å²) in [4.78, 5) is 34.5. The second-order valence-electron chi connectivity index (χ2n) is 6.38. The predicted octanol–water partition coefficient (Wildman–Crippen LogP) is 2.74. The van der Waals surface area contributed by atoms with Crippen molar-refractivity contribution in [1.29, 1.82) is 0 Å². The lowest BCUT2D eigenvalue weighted by atomic mass is 10.1. The minimum atomic E-state index is -0.250. The molecule has 0 unspecified atom stereocenters. The number of amides is 1. The molecule has 1 fully saturated rings. The van der Waals surface area contributed by atoms with Gasteiger partial charge in [-0.3, -0.25) is 19.5 Å². The Bertz CT molecular complexity index is 911. The van der Waals surface area contributed by atoms with E-state index < -0.39 is 0 Å². The molecule has 0 bridgehead atoms. The first-order valence-corrected chi connectivity index (χ1v) is 9.97. The molecule has 0 atom stereocenters. The van der Waals surface area contributed by atoms with Gasteiger partial charge in [0.2, 0.25) is 0 Å². The Morgan fingerprint density at radius 3 is 2.75 bits per heavy atom. The number of benzene rings is 1. The minimum Gasteiger partial charge on any atom is -0.483 e. The van der Waals surface area contributed by atoms with Gasteiger partial charge in [0.1, 0.15) is 0 Å². The van der Waals surface area contributed by atoms with Crippen LogP contribution in [0.1, 0.15) is 22.5 Å². The lowest BCUT2D eigenvalue weighted by molar-refractivity contribution is -0.122. The van der Waals surface area contributed by atoms with Gasteiger partial charge in [-0.15, -0.1) is 11.3 Å². The van der Waals surface area contributed by atoms with Crippen LogP contribution in [0.4, 0.5) is 0 Å². The van der Waals surface area contributed by atoms with Gasteiger partial charge in [-0.1, -0.05) is 18.2 Å². The maximum Gasteiger partial charge on any atom is 0.290 e. The van der Waals surface area contributed by atoms with E-state index >= 15 is 0 Å². The monoisotopic (exact) mass is 398 g/mol. The Kier molecular flexibility index (Phi) is 7.05. The summed E-state index contributed by atoms with van der Waals surface area (Å²) in [6.45, 7) is 4.04. The average Bonchev–Trinajstić information content (AvgIpc) is 3.12. The van der Waals surface area contributed by atoms with Crippen molar-refractivity contribution in [3.05, 3.63) is 58.7 Å². The third-order valence-electron chi connectivity index (χ3n) is 4.62. The highest BCUT2D eigenvalue weighted by atomic mass is 32.1. The van der Waals surface area contributed by atoms with Crippen molar-refractivity contribution in [3.63, 3.8) is 0 Å². The van der Waals surface area contributed by atoms with Gasteiger partial charge in [0.15, 0.2) is 0 Å². The number of rotatable bonds is 3. The van der Waals surface area contributed by atoms with Crippen LogP contribution in [0.5, 0.6) is 0 Å². The highest BCUT2D eigenvalue weighted by Crippen LogP contribution is 2.19. The predicted molar refractivity (Wildman–Crippen MR) is 108 cm³/mol. The van der Waals surface area contributed by atoms with Crippen LogP contribution in [-0.2, 0) is 11.3 Å². The SMILES string of the molecule is O=C(c1ccnc2ccccc12)N1CCCN(Cc2cscn2)CC1.O=CO. The first-order chi connectivity index (χ1) is 13.7. The molecule has 8 heteroatoms. The van der Waals surface area contributed by atoms with E-state index in [4.69, 9.17) is 9.90 Å². The fraction of sp³-hybridized carbons (Fsp3) is 0.300. The molecular weight excluding hydrogens is 376 g/mol. The molecule has 0 radical (unpaired) electrons. The molecule has 0 spiro atoms. The second kappa shape index (κ2) is 9.91. The van der Waals surface area contributed by atoms with E-state index in [0.717, 1.165) is 61.3 Å². The second-order valence-corrected chi connectivity index (χ2v) is 7.10. The van der Waals surface area contributed by atoms with Gasteiger partial charge in [0.25, 0.3) is 12.4 Å². The van der Waals surface area contributed by atoms with Crippen molar-refractivity contribution in [2.24, 2.45) is 0 Å². The number of thiazole rings is 1. The van der Waals surface area contributed by atoms with Crippen LogP contribution < -0.4 is 0 Å². The number of aromatic nitrogens is 2. The van der Waals surface area contributed by atoms with Gasteiger partial charge in [-0.2, -0.15) is 0 Å². The number of carbonyl (C=O) groups excluding carboxylic acids is 1. The molecule has 3 aromatic rings. The summed E-state index contributed by atoms with van der Waals surface area (Å²) in [5.74, 6) is 0.106. The van der Waals surface area contributed by atoms with E-state index in [1.165, 1.54) is 0 Å². The number of fused-ring (bicyclic) bond motifs is 1. The third kappa shape index (κ3) is 4.90. The number of nitrogens with zero attached hydrogens (tertiary/aromatic N) is 4. The van der Waals surface area contributed by atoms with Crippen molar-refractivity contribution >= 4 is 34.6 Å². The maximum atomic E-state index is 13.1. The topological polar surface area (TPSA) is 86.6 Å². The van der Waals surface area contributed by atoms with Crippen LogP contribution in [0, 0.1) is 0 Å². The van der Waals surface area contributed by atoms with Crippen LogP contribution in [0.2, 0.25) is 0 Å². The van der Waals surface area contributed by atoms with Crippen LogP contribution in [0.15, 0.2) is 47.4 Å². The molecule has 1 saturated heterocycles. The fourth-order valence-electron chi connectivity index (χ4n) is 3.33. The van der Waals surface area contributed by atoms with Crippen LogP contribution in [0.25, 0.3) is 10.9 Å². The zero-order valence-electron chi connectivity index (χ0n) is 15.4. The van der Waals surface area contributed by atoms with E-state index in [0.29, 0.717) is 0 Å². The minimum absolute atomic E-state index is 0.106. The first-order valence-electron chi connectivity index (χ1n) is 9.03. The Hall–Kier alpha value is -2.84. The molecular formula is C20H22N4O3S. The number of hydrogen-bond acceptors (Lipinski definition) is 6. The summed E-state index contributed by atoms with van der Waals surface area (Å²) in [5, 5.41) is 9.91. The highest BCUT2D eigenvalue weighted by Gasteiger charge is 2.22. The van der Waals surface area contributed by atoms with Gasteiger partial charge in [-0.05, 0) is 18.6 Å². The standard InChI is InChI=1S/C19H20N4OS.CH2O2/c24-19(17-6-7-20-18-5-2-1-4-16(17)18)23-9-3-8-22(10-11-23)12-15-13-25-14-21-15;2-1-3/h1-2,4-7,13-14H,3,8-12H2;1H,(H,2,3). The molecule has 1 aliphatic rings. The lowest BCUT2D eigenvalue weighted by Gasteiger charge is -2.22. The molecule has 0 aliphatic carbocycles. The number of carbonyl (C=O) groups is 2. The maximum absolute atomic E-state index is 13.1. The highest BCUT2D eigenvalue weighted by molar-refractivity contribution is 7.07. The summed E-state index contributed by atoms with van der Waals surface area (Å²) < 4.78 is 0. The molecule has 3 heterocycles. The van der Waals surface area contributed by atoms with Crippen LogP contribution >= 0.6 is 11.3 Å². The van der Waals surface area contributed by atoms with E-state index in [1.54, 1.807) is 17.5 Å². The first kappa shape index (κ1) is 19.9. The Balaban J connectivity index is 0.000000706. The average molecular weight is 398 g/mol. The van der Waals surface area contributed by atoms with Crippen molar-refractivity contribution in [3.8, 4) is 0 Å². The molecule has 146 valence electrons. The number of pyridine rings is 1. The number of para-hydroxylation sites is 1. The largest absolute Gasteiger partial charge is 0.483 e. The third-order valence-corrected chi connectivity index (χ3v) is 5.26. The summed E-state index contributed by atoms with van der Waals surface area (Å²) in [7, 11) is 0. The smallest absolute Gasteiger partial charge is 0.290 e. The Labute approximate surface area is 167 Å². The summed E-state index contributed by atoms with van der Waals surface area (Å²) in [6, 6.07) is 9.67. The summed E-state index contributed by atoms with van der Waals surface area (Å²) in [5.41, 5.74) is 4.61. The van der Waals surface area contributed by atoms with Gasteiger partial charge >= 0.3 is 0 Å². The Morgan fingerprint density at radius 2 is 1.96 bits per heavy atom. The van der Waals surface area contributed by atoms with E-state index in [-0.39, 0.29) is 12.4 Å². The van der Waals surface area contributed by atoms with Crippen LogP contribution in [-0.4, -0.2) is 63.4 Å². The van der Waals surface area contributed by atoms with Crippen molar-refractivity contribution in [2.45, 2.75) is 13.0 Å². The number of carboxylic acid groups (broad SMARTS) is 1. The molecule has 1 aromatic carbocycles. The summed E-state index contributed by atoms with van der Waals surface area (Å²) in [6.07, 6.45) is 2.71. The molecule has 1 N–H and O–H groups in total. The molecule has 7 nitrogen and oxygen atoms in total. The van der Waals surface area contributed by atoms with Crippen molar-refractivity contribution in [1.82, 2.24) is 19.8 Å². The van der Waals surface area contributed by atoms with Gasteiger partial charge in [0.05, 0.1) is 22.3 Å². The molecule has 1 aliphatic heterocycles. The zero-order chi connectivity index (χ0) is 19.8. The molecule has 28 heavy (non-hydrogen) atoms. The van der Waals surface area contributed by atoms with E-state index in [2.05, 4.69) is 20.2 Å². The molecule has 1 amide bonds. The quantitative estimate of drug-likeness (QED) is 0.683. The van der Waals surface area contributed by atoms with Gasteiger partial charge in [0, 0.05) is 49.7 Å². The zero-order valence-corrected chi connectivity index (χ0v) is 16.2. The van der Waals surface area contributed by atoms with Gasteiger partial charge in [-0.25, -0.2) is 4.98 Å². The van der Waals surface area contributed by atoms with Crippen LogP contribution in [0.3, 0.4) is 0 Å².